The van der Waals surface area contributed by atoms with Gasteiger partial charge in [-0.15, -0.1) is 0 Å². The van der Waals surface area contributed by atoms with Crippen molar-refractivity contribution in [2.24, 2.45) is 0 Å². The fraction of sp³-hybridized carbons (Fsp3) is 0.412. The summed E-state index contributed by atoms with van der Waals surface area (Å²) in [5.74, 6) is 0.949. The first-order valence-corrected chi connectivity index (χ1v) is 8.04. The van der Waals surface area contributed by atoms with Crippen LogP contribution in [0.2, 0.25) is 0 Å². The molecule has 1 N–H and O–H groups in total. The number of benzene rings is 1. The highest BCUT2D eigenvalue weighted by Gasteiger charge is 2.18. The quantitative estimate of drug-likeness (QED) is 0.901. The average Bonchev–Trinajstić information content (AvgIpc) is 3.14. The van der Waals surface area contributed by atoms with Gasteiger partial charge in [0.15, 0.2) is 5.82 Å². The van der Waals surface area contributed by atoms with Crippen LogP contribution >= 0.6 is 0 Å². The van der Waals surface area contributed by atoms with Gasteiger partial charge in [0, 0.05) is 18.7 Å². The molecule has 7 nitrogen and oxygen atoms in total. The predicted octanol–water partition coefficient (Wildman–Crippen LogP) is 1.72. The summed E-state index contributed by atoms with van der Waals surface area (Å²) >= 11 is 0. The van der Waals surface area contributed by atoms with E-state index in [9.17, 15) is 4.79 Å². The number of rotatable bonds is 5. The number of hydrogen-bond acceptors (Lipinski definition) is 6. The monoisotopic (exact) mass is 327 g/mol. The Kier molecular flexibility index (Phi) is 4.88. The van der Waals surface area contributed by atoms with Gasteiger partial charge in [-0.25, -0.2) is 0 Å². The highest BCUT2D eigenvalue weighted by atomic mass is 16.5. The maximum Gasteiger partial charge on any atom is 0.321 e. The van der Waals surface area contributed by atoms with Crippen molar-refractivity contribution < 1.29 is 9.53 Å². The number of hydrogen-bond donors (Lipinski definition) is 1. The first-order chi connectivity index (χ1) is 11.7. The van der Waals surface area contributed by atoms with Crippen LogP contribution in [0.25, 0.3) is 0 Å². The van der Waals surface area contributed by atoms with E-state index >= 15 is 0 Å². The lowest BCUT2D eigenvalue weighted by Gasteiger charge is -2.16. The molecule has 1 fully saturated rings. The molecule has 2 aromatic rings. The molecule has 1 aliphatic rings. The maximum atomic E-state index is 12.2. The van der Waals surface area contributed by atoms with Crippen molar-refractivity contribution in [3.63, 3.8) is 0 Å². The number of aryl methyl sites for hydroxylation is 1. The minimum absolute atomic E-state index is 0.152. The van der Waals surface area contributed by atoms with E-state index in [1.165, 1.54) is 7.11 Å². The van der Waals surface area contributed by atoms with E-state index in [0.717, 1.165) is 31.5 Å². The molecular weight excluding hydrogens is 306 g/mol. The Hall–Kier alpha value is -2.70. The van der Waals surface area contributed by atoms with Crippen LogP contribution in [0.3, 0.4) is 0 Å². The van der Waals surface area contributed by atoms with Gasteiger partial charge in [-0.1, -0.05) is 17.7 Å². The number of anilines is 1. The number of amides is 1. The zero-order valence-electron chi connectivity index (χ0n) is 14.0. The highest BCUT2D eigenvalue weighted by molar-refractivity contribution is 5.94. The van der Waals surface area contributed by atoms with Crippen LogP contribution < -0.4 is 15.0 Å². The van der Waals surface area contributed by atoms with Crippen molar-refractivity contribution in [1.29, 1.82) is 0 Å². The highest BCUT2D eigenvalue weighted by Crippen LogP contribution is 2.17. The summed E-state index contributed by atoms with van der Waals surface area (Å²) in [6.07, 6.45) is 2.26. The van der Waals surface area contributed by atoms with Crippen LogP contribution in [-0.4, -0.2) is 41.1 Å². The van der Waals surface area contributed by atoms with Gasteiger partial charge in [0.25, 0.3) is 5.91 Å². The van der Waals surface area contributed by atoms with E-state index in [1.807, 2.05) is 25.1 Å². The second-order valence-corrected chi connectivity index (χ2v) is 5.78. The minimum atomic E-state index is -0.152. The van der Waals surface area contributed by atoms with Gasteiger partial charge >= 0.3 is 6.01 Å². The van der Waals surface area contributed by atoms with Crippen LogP contribution in [0.15, 0.2) is 24.3 Å². The van der Waals surface area contributed by atoms with Crippen molar-refractivity contribution in [1.82, 2.24) is 20.3 Å². The van der Waals surface area contributed by atoms with Gasteiger partial charge < -0.3 is 15.0 Å². The molecule has 1 aromatic carbocycles. The topological polar surface area (TPSA) is 80.2 Å². The average molecular weight is 327 g/mol. The Balaban J connectivity index is 1.72. The van der Waals surface area contributed by atoms with E-state index in [-0.39, 0.29) is 18.5 Å². The fourth-order valence-corrected chi connectivity index (χ4v) is 2.66. The molecule has 0 radical (unpaired) electrons. The van der Waals surface area contributed by atoms with Gasteiger partial charge in [0.1, 0.15) is 0 Å². The van der Waals surface area contributed by atoms with Crippen LogP contribution in [0.4, 0.5) is 5.95 Å². The molecule has 24 heavy (non-hydrogen) atoms. The Labute approximate surface area is 141 Å². The largest absolute Gasteiger partial charge is 0.467 e. The first-order valence-electron chi connectivity index (χ1n) is 8.04. The van der Waals surface area contributed by atoms with Gasteiger partial charge in [-0.2, -0.15) is 15.0 Å². The maximum absolute atomic E-state index is 12.2. The summed E-state index contributed by atoms with van der Waals surface area (Å²) in [5.41, 5.74) is 1.66. The molecule has 7 heteroatoms. The second-order valence-electron chi connectivity index (χ2n) is 5.78. The number of nitrogens with one attached hydrogen (secondary N) is 1. The summed E-state index contributed by atoms with van der Waals surface area (Å²) < 4.78 is 5.16. The third kappa shape index (κ3) is 3.79. The fourth-order valence-electron chi connectivity index (χ4n) is 2.66. The molecule has 0 atom stereocenters. The molecule has 2 heterocycles. The van der Waals surface area contributed by atoms with Crippen molar-refractivity contribution in [3.8, 4) is 6.01 Å². The molecule has 3 rings (SSSR count). The van der Waals surface area contributed by atoms with Crippen molar-refractivity contribution in [2.75, 3.05) is 25.1 Å². The molecule has 1 saturated heterocycles. The zero-order valence-corrected chi connectivity index (χ0v) is 14.0. The molecule has 1 amide bonds. The van der Waals surface area contributed by atoms with Gasteiger partial charge in [-0.05, 0) is 31.9 Å². The van der Waals surface area contributed by atoms with E-state index in [2.05, 4.69) is 25.2 Å². The van der Waals surface area contributed by atoms with Crippen LogP contribution in [0, 0.1) is 6.92 Å². The summed E-state index contributed by atoms with van der Waals surface area (Å²) in [5, 5.41) is 2.85. The summed E-state index contributed by atoms with van der Waals surface area (Å²) in [6.45, 7) is 4.05. The standard InChI is InChI=1S/C17H21N5O2/c1-12-6-5-7-13(10-12)15(23)18-11-14-19-16(21-17(20-14)24-2)22-8-3-4-9-22/h5-7,10H,3-4,8-9,11H2,1-2H3,(H,18,23). The number of carbonyl (C=O) groups is 1. The number of nitrogens with zero attached hydrogens (tertiary/aromatic N) is 4. The Morgan fingerprint density at radius 1 is 1.25 bits per heavy atom. The van der Waals surface area contributed by atoms with Gasteiger partial charge in [0.2, 0.25) is 5.95 Å². The molecule has 0 spiro atoms. The van der Waals surface area contributed by atoms with E-state index in [1.54, 1.807) is 6.07 Å². The molecular formula is C17H21N5O2. The number of ether oxygens (including phenoxy) is 1. The van der Waals surface area contributed by atoms with Crippen LogP contribution in [-0.2, 0) is 6.54 Å². The lowest BCUT2D eigenvalue weighted by molar-refractivity contribution is 0.0949. The summed E-state index contributed by atoms with van der Waals surface area (Å²) in [6, 6.07) is 7.72. The zero-order chi connectivity index (χ0) is 16.9. The van der Waals surface area contributed by atoms with Gasteiger partial charge in [-0.3, -0.25) is 4.79 Å². The normalized spacial score (nSPS) is 13.8. The van der Waals surface area contributed by atoms with Crippen LogP contribution in [0.5, 0.6) is 6.01 Å². The third-order valence-electron chi connectivity index (χ3n) is 3.91. The lowest BCUT2D eigenvalue weighted by Crippen LogP contribution is -2.26. The molecule has 1 aliphatic heterocycles. The smallest absolute Gasteiger partial charge is 0.321 e. The summed E-state index contributed by atoms with van der Waals surface area (Å²) in [4.78, 5) is 27.3. The Morgan fingerprint density at radius 3 is 2.75 bits per heavy atom. The van der Waals surface area contributed by atoms with E-state index < -0.39 is 0 Å². The number of methoxy groups -OCH3 is 1. The van der Waals surface area contributed by atoms with Crippen molar-refractivity contribution >= 4 is 11.9 Å². The molecule has 1 aromatic heterocycles. The first kappa shape index (κ1) is 16.2. The van der Waals surface area contributed by atoms with E-state index in [0.29, 0.717) is 17.3 Å². The Morgan fingerprint density at radius 2 is 2.04 bits per heavy atom. The van der Waals surface area contributed by atoms with E-state index in [4.69, 9.17) is 4.74 Å². The van der Waals surface area contributed by atoms with Crippen molar-refractivity contribution in [3.05, 3.63) is 41.2 Å². The van der Waals surface area contributed by atoms with Gasteiger partial charge in [0.05, 0.1) is 13.7 Å². The number of carbonyl (C=O) groups excluding carboxylic acids is 1. The predicted molar refractivity (Wildman–Crippen MR) is 90.2 cm³/mol. The van der Waals surface area contributed by atoms with Crippen LogP contribution in [0.1, 0.15) is 34.6 Å². The molecule has 0 aliphatic carbocycles. The molecule has 0 unspecified atom stereocenters. The molecule has 126 valence electrons. The molecule has 0 bridgehead atoms. The van der Waals surface area contributed by atoms with Crippen molar-refractivity contribution in [2.45, 2.75) is 26.3 Å². The third-order valence-corrected chi connectivity index (χ3v) is 3.91. The summed E-state index contributed by atoms with van der Waals surface area (Å²) in [7, 11) is 1.53. The lowest BCUT2D eigenvalue weighted by atomic mass is 10.1. The Bertz CT molecular complexity index is 729. The SMILES string of the molecule is COc1nc(CNC(=O)c2cccc(C)c2)nc(N2CCCC2)n1. The molecule has 0 saturated carbocycles. The second kappa shape index (κ2) is 7.25. The number of aromatic nitrogens is 3. The minimum Gasteiger partial charge on any atom is -0.467 e.